The highest BCUT2D eigenvalue weighted by Gasteiger charge is 2.23. The summed E-state index contributed by atoms with van der Waals surface area (Å²) in [5.41, 5.74) is 3.08. The molecule has 1 aliphatic rings. The maximum Gasteiger partial charge on any atom is 0.142 e. The van der Waals surface area contributed by atoms with E-state index >= 15 is 0 Å². The van der Waals surface area contributed by atoms with Crippen molar-refractivity contribution in [3.8, 4) is 0 Å². The fourth-order valence-corrected chi connectivity index (χ4v) is 3.91. The number of hydrogen-bond acceptors (Lipinski definition) is 4. The van der Waals surface area contributed by atoms with Crippen LogP contribution < -0.4 is 4.90 Å². The van der Waals surface area contributed by atoms with Crippen molar-refractivity contribution in [3.63, 3.8) is 0 Å². The number of piperidine rings is 1. The van der Waals surface area contributed by atoms with E-state index in [4.69, 9.17) is 4.98 Å². The number of aromatic nitrogens is 5. The Bertz CT molecular complexity index is 984. The van der Waals surface area contributed by atoms with Gasteiger partial charge in [-0.2, -0.15) is 0 Å². The second-order valence-electron chi connectivity index (χ2n) is 6.80. The van der Waals surface area contributed by atoms with Crippen LogP contribution in [0, 0.1) is 5.92 Å². The van der Waals surface area contributed by atoms with Gasteiger partial charge in [-0.15, -0.1) is 0 Å². The van der Waals surface area contributed by atoms with Crippen molar-refractivity contribution in [2.45, 2.75) is 19.3 Å². The smallest absolute Gasteiger partial charge is 0.142 e. The quantitative estimate of drug-likeness (QED) is 0.604. The van der Waals surface area contributed by atoms with Gasteiger partial charge in [0.25, 0.3) is 0 Å². The summed E-state index contributed by atoms with van der Waals surface area (Å²) >= 11 is 0. The average Bonchev–Trinajstić information content (AvgIpc) is 3.27. The Morgan fingerprint density at radius 1 is 1.16 bits per heavy atom. The Hall–Kier alpha value is -2.89. The number of aromatic amines is 2. The molecule has 6 nitrogen and oxygen atoms in total. The molecule has 1 aromatic carbocycles. The van der Waals surface area contributed by atoms with Crippen LogP contribution in [0.5, 0.6) is 0 Å². The zero-order valence-electron chi connectivity index (χ0n) is 13.9. The average molecular weight is 332 g/mol. The van der Waals surface area contributed by atoms with Crippen LogP contribution in [0.2, 0.25) is 0 Å². The van der Waals surface area contributed by atoms with E-state index < -0.39 is 0 Å². The molecule has 0 amide bonds. The number of nitrogens with zero attached hydrogens (tertiary/aromatic N) is 4. The summed E-state index contributed by atoms with van der Waals surface area (Å²) < 4.78 is 0. The Morgan fingerprint density at radius 3 is 3.08 bits per heavy atom. The largest absolute Gasteiger partial charge is 0.356 e. The maximum absolute atomic E-state index is 4.74. The van der Waals surface area contributed by atoms with E-state index in [2.05, 4.69) is 43.0 Å². The minimum atomic E-state index is 0.582. The van der Waals surface area contributed by atoms with Crippen molar-refractivity contribution < 1.29 is 0 Å². The molecule has 3 aromatic heterocycles. The third-order valence-electron chi connectivity index (χ3n) is 5.07. The first kappa shape index (κ1) is 14.5. The molecule has 4 heterocycles. The van der Waals surface area contributed by atoms with Gasteiger partial charge in [-0.3, -0.25) is 0 Å². The number of H-pyrrole nitrogens is 2. The van der Waals surface area contributed by atoms with Gasteiger partial charge in [-0.05, 0) is 37.0 Å². The number of hydrogen-bond donors (Lipinski definition) is 2. The minimum Gasteiger partial charge on any atom is -0.356 e. The molecule has 1 atom stereocenters. The van der Waals surface area contributed by atoms with Crippen LogP contribution in [-0.4, -0.2) is 38.0 Å². The van der Waals surface area contributed by atoms with Gasteiger partial charge in [-0.1, -0.05) is 12.1 Å². The fourth-order valence-electron chi connectivity index (χ4n) is 3.91. The first-order valence-electron chi connectivity index (χ1n) is 8.83. The molecule has 2 N–H and O–H groups in total. The molecule has 126 valence electrons. The molecule has 6 heteroatoms. The third kappa shape index (κ3) is 2.63. The molecule has 1 fully saturated rings. The molecule has 1 aliphatic heterocycles. The lowest BCUT2D eigenvalue weighted by atomic mass is 9.94. The molecule has 0 spiro atoms. The Morgan fingerprint density at radius 2 is 2.12 bits per heavy atom. The van der Waals surface area contributed by atoms with Crippen molar-refractivity contribution >= 4 is 27.9 Å². The van der Waals surface area contributed by atoms with Gasteiger partial charge in [0, 0.05) is 25.7 Å². The van der Waals surface area contributed by atoms with Crippen molar-refractivity contribution in [2.75, 3.05) is 18.0 Å². The monoisotopic (exact) mass is 332 g/mol. The first-order valence-corrected chi connectivity index (χ1v) is 8.83. The number of imidazole rings is 1. The molecule has 1 saturated heterocycles. The van der Waals surface area contributed by atoms with E-state index in [9.17, 15) is 0 Å². The summed E-state index contributed by atoms with van der Waals surface area (Å²) in [7, 11) is 0. The first-order chi connectivity index (χ1) is 12.4. The molecule has 0 aliphatic carbocycles. The topological polar surface area (TPSA) is 73.5 Å². The van der Waals surface area contributed by atoms with Gasteiger partial charge >= 0.3 is 0 Å². The van der Waals surface area contributed by atoms with E-state index in [0.29, 0.717) is 5.92 Å². The van der Waals surface area contributed by atoms with Crippen LogP contribution >= 0.6 is 0 Å². The van der Waals surface area contributed by atoms with Gasteiger partial charge in [0.2, 0.25) is 0 Å². The number of rotatable bonds is 3. The van der Waals surface area contributed by atoms with Crippen LogP contribution in [0.25, 0.3) is 22.1 Å². The van der Waals surface area contributed by atoms with Gasteiger partial charge in [0.15, 0.2) is 0 Å². The highest BCUT2D eigenvalue weighted by Crippen LogP contribution is 2.28. The van der Waals surface area contributed by atoms with Crippen molar-refractivity contribution in [3.05, 3.63) is 48.7 Å². The van der Waals surface area contributed by atoms with Crippen molar-refractivity contribution in [1.82, 2.24) is 24.9 Å². The van der Waals surface area contributed by atoms with Gasteiger partial charge in [0.1, 0.15) is 23.6 Å². The van der Waals surface area contributed by atoms with Crippen molar-refractivity contribution in [1.29, 1.82) is 0 Å². The zero-order valence-corrected chi connectivity index (χ0v) is 13.9. The molecular formula is C19H20N6. The number of benzene rings is 1. The predicted octanol–water partition coefficient (Wildman–Crippen LogP) is 3.29. The lowest BCUT2D eigenvalue weighted by Crippen LogP contribution is -2.37. The van der Waals surface area contributed by atoms with Crippen molar-refractivity contribution in [2.24, 2.45) is 5.92 Å². The van der Waals surface area contributed by atoms with E-state index in [0.717, 1.165) is 53.2 Å². The van der Waals surface area contributed by atoms with Crippen LogP contribution in [-0.2, 0) is 6.42 Å². The Balaban J connectivity index is 1.38. The number of anilines is 1. The summed E-state index contributed by atoms with van der Waals surface area (Å²) in [6, 6.07) is 10.3. The predicted molar refractivity (Wildman–Crippen MR) is 98.6 cm³/mol. The SMILES string of the molecule is c1ccc2[nH]c(C[C@H]3CCCN(c4ncnc5[nH]ccc45)C3)nc2c1. The van der Waals surface area contributed by atoms with Crippen LogP contribution in [0.4, 0.5) is 5.82 Å². The van der Waals surface area contributed by atoms with Crippen LogP contribution in [0.1, 0.15) is 18.7 Å². The van der Waals surface area contributed by atoms with E-state index in [1.165, 1.54) is 12.8 Å². The fraction of sp³-hybridized carbons (Fsp3) is 0.316. The number of para-hydroxylation sites is 2. The molecule has 0 bridgehead atoms. The molecule has 5 rings (SSSR count). The Kier molecular flexibility index (Phi) is 3.40. The zero-order chi connectivity index (χ0) is 16.6. The summed E-state index contributed by atoms with van der Waals surface area (Å²) in [6.45, 7) is 2.06. The van der Waals surface area contributed by atoms with E-state index in [1.54, 1.807) is 6.33 Å². The molecule has 0 radical (unpaired) electrons. The molecule has 4 aromatic rings. The van der Waals surface area contributed by atoms with E-state index in [-0.39, 0.29) is 0 Å². The normalized spacial score (nSPS) is 18.2. The van der Waals surface area contributed by atoms with Gasteiger partial charge in [0.05, 0.1) is 16.4 Å². The third-order valence-corrected chi connectivity index (χ3v) is 5.07. The molecule has 0 saturated carbocycles. The highest BCUT2D eigenvalue weighted by molar-refractivity contribution is 5.87. The minimum absolute atomic E-state index is 0.582. The van der Waals surface area contributed by atoms with Crippen LogP contribution in [0.3, 0.4) is 0 Å². The summed E-state index contributed by atoms with van der Waals surface area (Å²) in [4.78, 5) is 22.6. The molecule has 0 unspecified atom stereocenters. The number of nitrogens with one attached hydrogen (secondary N) is 2. The standard InChI is InChI=1S/C19H20N6/c1-2-6-16-15(5-1)23-17(24-16)10-13-4-3-9-25(11-13)19-14-7-8-20-18(14)21-12-22-19/h1-2,5-8,12-13H,3-4,9-11H2,(H,23,24)(H,20,21,22)/t13-/m1/s1. The maximum atomic E-state index is 4.74. The highest BCUT2D eigenvalue weighted by atomic mass is 15.2. The Labute approximate surface area is 145 Å². The summed E-state index contributed by atoms with van der Waals surface area (Å²) in [6.07, 6.45) is 6.97. The molecular weight excluding hydrogens is 312 g/mol. The second-order valence-corrected chi connectivity index (χ2v) is 6.80. The number of fused-ring (bicyclic) bond motifs is 2. The molecule has 25 heavy (non-hydrogen) atoms. The van der Waals surface area contributed by atoms with E-state index in [1.807, 2.05) is 18.3 Å². The lowest BCUT2D eigenvalue weighted by molar-refractivity contribution is 0.406. The van der Waals surface area contributed by atoms with Gasteiger partial charge in [-0.25, -0.2) is 15.0 Å². The summed E-state index contributed by atoms with van der Waals surface area (Å²) in [5.74, 6) is 2.71. The second kappa shape index (κ2) is 5.88. The van der Waals surface area contributed by atoms with Crippen LogP contribution in [0.15, 0.2) is 42.9 Å². The lowest BCUT2D eigenvalue weighted by Gasteiger charge is -2.33. The summed E-state index contributed by atoms with van der Waals surface area (Å²) in [5, 5.41) is 1.10. The van der Waals surface area contributed by atoms with Gasteiger partial charge < -0.3 is 14.9 Å².